The molecule has 0 amide bonds. The molecule has 1 aromatic heterocycles. The first-order valence-electron chi connectivity index (χ1n) is 4.07. The van der Waals surface area contributed by atoms with E-state index in [-0.39, 0.29) is 0 Å². The molecule has 1 atom stereocenters. The van der Waals surface area contributed by atoms with Crippen molar-refractivity contribution >= 4 is 10.1 Å². The standard InChI is InChI=1S/C8H12N2O3S/c1-6-4-5-8(10-9-6)7(2)13-14(3,11)12/h4-5,7H,1-3H3. The Labute approximate surface area is 83.2 Å². The number of nitrogens with zero attached hydrogens (tertiary/aromatic N) is 2. The maximum Gasteiger partial charge on any atom is 0.265 e. The Hall–Kier alpha value is -1.01. The van der Waals surface area contributed by atoms with Gasteiger partial charge >= 0.3 is 0 Å². The van der Waals surface area contributed by atoms with E-state index < -0.39 is 16.2 Å². The monoisotopic (exact) mass is 216 g/mol. The van der Waals surface area contributed by atoms with E-state index in [9.17, 15) is 8.42 Å². The van der Waals surface area contributed by atoms with Crippen LogP contribution in [0.1, 0.15) is 24.4 Å². The zero-order chi connectivity index (χ0) is 10.8. The fraction of sp³-hybridized carbons (Fsp3) is 0.500. The van der Waals surface area contributed by atoms with Gasteiger partial charge in [-0.3, -0.25) is 4.18 Å². The quantitative estimate of drug-likeness (QED) is 0.700. The summed E-state index contributed by atoms with van der Waals surface area (Å²) >= 11 is 0. The Morgan fingerprint density at radius 2 is 2.00 bits per heavy atom. The summed E-state index contributed by atoms with van der Waals surface area (Å²) in [5, 5.41) is 7.63. The third-order valence-corrected chi connectivity index (χ3v) is 2.19. The first-order valence-corrected chi connectivity index (χ1v) is 5.88. The van der Waals surface area contributed by atoms with E-state index in [0.29, 0.717) is 5.69 Å². The molecule has 0 radical (unpaired) electrons. The molecule has 0 N–H and O–H groups in total. The summed E-state index contributed by atoms with van der Waals surface area (Å²) in [6, 6.07) is 3.45. The summed E-state index contributed by atoms with van der Waals surface area (Å²) in [6.07, 6.45) is 0.406. The van der Waals surface area contributed by atoms with Crippen molar-refractivity contribution in [3.63, 3.8) is 0 Å². The lowest BCUT2D eigenvalue weighted by atomic mass is 10.2. The lowest BCUT2D eigenvalue weighted by Gasteiger charge is -2.09. The van der Waals surface area contributed by atoms with Crippen LogP contribution in [0, 0.1) is 6.92 Å². The van der Waals surface area contributed by atoms with Crippen LogP contribution in [-0.2, 0) is 14.3 Å². The van der Waals surface area contributed by atoms with Crippen LogP contribution in [0.2, 0.25) is 0 Å². The smallest absolute Gasteiger partial charge is 0.261 e. The molecule has 0 aliphatic carbocycles. The van der Waals surface area contributed by atoms with Crippen molar-refractivity contribution in [3.8, 4) is 0 Å². The summed E-state index contributed by atoms with van der Waals surface area (Å²) < 4.78 is 26.4. The van der Waals surface area contributed by atoms with Crippen LogP contribution in [0.5, 0.6) is 0 Å². The maximum atomic E-state index is 10.8. The Balaban J connectivity index is 2.80. The van der Waals surface area contributed by atoms with Gasteiger partial charge in [-0.25, -0.2) is 0 Å². The lowest BCUT2D eigenvalue weighted by molar-refractivity contribution is 0.230. The van der Waals surface area contributed by atoms with E-state index in [1.807, 2.05) is 0 Å². The largest absolute Gasteiger partial charge is 0.265 e. The van der Waals surface area contributed by atoms with Crippen molar-refractivity contribution in [2.24, 2.45) is 0 Å². The van der Waals surface area contributed by atoms with Gasteiger partial charge in [-0.05, 0) is 26.0 Å². The molecule has 0 saturated carbocycles. The topological polar surface area (TPSA) is 69.2 Å². The maximum absolute atomic E-state index is 10.8. The van der Waals surface area contributed by atoms with Gasteiger partial charge in [0.1, 0.15) is 6.10 Å². The van der Waals surface area contributed by atoms with Crippen molar-refractivity contribution in [1.29, 1.82) is 0 Å². The van der Waals surface area contributed by atoms with Crippen LogP contribution in [-0.4, -0.2) is 24.9 Å². The lowest BCUT2D eigenvalue weighted by Crippen LogP contribution is -2.09. The fourth-order valence-corrected chi connectivity index (χ4v) is 1.56. The highest BCUT2D eigenvalue weighted by molar-refractivity contribution is 7.86. The van der Waals surface area contributed by atoms with E-state index in [1.165, 1.54) is 0 Å². The molecule has 78 valence electrons. The summed E-state index contributed by atoms with van der Waals surface area (Å²) in [6.45, 7) is 3.42. The van der Waals surface area contributed by atoms with Crippen molar-refractivity contribution < 1.29 is 12.6 Å². The van der Waals surface area contributed by atoms with Crippen LogP contribution in [0.25, 0.3) is 0 Å². The zero-order valence-electron chi connectivity index (χ0n) is 8.26. The van der Waals surface area contributed by atoms with Gasteiger partial charge in [0.15, 0.2) is 0 Å². The second-order valence-electron chi connectivity index (χ2n) is 3.04. The number of hydrogen-bond acceptors (Lipinski definition) is 5. The SMILES string of the molecule is Cc1ccc(C(C)OS(C)(=O)=O)nn1. The minimum atomic E-state index is -3.45. The molecule has 0 fully saturated rings. The average Bonchev–Trinajstić information content (AvgIpc) is 2.02. The number of rotatable bonds is 3. The van der Waals surface area contributed by atoms with Crippen molar-refractivity contribution in [2.75, 3.05) is 6.26 Å². The molecule has 0 saturated heterocycles. The van der Waals surface area contributed by atoms with Crippen LogP contribution in [0.4, 0.5) is 0 Å². The van der Waals surface area contributed by atoms with Gasteiger partial charge < -0.3 is 0 Å². The first kappa shape index (κ1) is 11.1. The molecule has 5 nitrogen and oxygen atoms in total. The predicted octanol–water partition coefficient (Wildman–Crippen LogP) is 0.822. The second-order valence-corrected chi connectivity index (χ2v) is 4.64. The van der Waals surface area contributed by atoms with Crippen molar-refractivity contribution in [3.05, 3.63) is 23.5 Å². The molecule has 1 unspecified atom stereocenters. The van der Waals surface area contributed by atoms with Gasteiger partial charge in [0.05, 0.1) is 17.6 Å². The fourth-order valence-electron chi connectivity index (χ4n) is 0.938. The van der Waals surface area contributed by atoms with E-state index in [0.717, 1.165) is 11.9 Å². The van der Waals surface area contributed by atoms with Crippen molar-refractivity contribution in [1.82, 2.24) is 10.2 Å². The van der Waals surface area contributed by atoms with Crippen molar-refractivity contribution in [2.45, 2.75) is 20.0 Å². The van der Waals surface area contributed by atoms with Crippen LogP contribution < -0.4 is 0 Å². The van der Waals surface area contributed by atoms with Gasteiger partial charge in [0, 0.05) is 0 Å². The normalized spacial score (nSPS) is 13.9. The molecule has 6 heteroatoms. The van der Waals surface area contributed by atoms with Gasteiger partial charge in [0.2, 0.25) is 0 Å². The first-order chi connectivity index (χ1) is 6.38. The molecule has 0 aliphatic heterocycles. The summed E-state index contributed by atoms with van der Waals surface area (Å²) in [4.78, 5) is 0. The highest BCUT2D eigenvalue weighted by atomic mass is 32.2. The summed E-state index contributed by atoms with van der Waals surface area (Å²) in [7, 11) is -3.45. The molecule has 0 bridgehead atoms. The third kappa shape index (κ3) is 3.39. The Morgan fingerprint density at radius 1 is 1.36 bits per heavy atom. The third-order valence-electron chi connectivity index (χ3n) is 1.55. The molecular formula is C8H12N2O3S. The summed E-state index contributed by atoms with van der Waals surface area (Å²) in [5.74, 6) is 0. The number of hydrogen-bond donors (Lipinski definition) is 0. The molecule has 1 aromatic rings. The van der Waals surface area contributed by atoms with Gasteiger partial charge in [-0.2, -0.15) is 18.6 Å². The van der Waals surface area contributed by atoms with E-state index in [2.05, 4.69) is 10.2 Å². The van der Waals surface area contributed by atoms with Crippen LogP contribution in [0.15, 0.2) is 12.1 Å². The molecule has 14 heavy (non-hydrogen) atoms. The number of aryl methyl sites for hydroxylation is 1. The average molecular weight is 216 g/mol. The number of aromatic nitrogens is 2. The predicted molar refractivity (Wildman–Crippen MR) is 51.1 cm³/mol. The van der Waals surface area contributed by atoms with Crippen LogP contribution >= 0.6 is 0 Å². The minimum absolute atomic E-state index is 0.501. The van der Waals surface area contributed by atoms with E-state index >= 15 is 0 Å². The highest BCUT2D eigenvalue weighted by Gasteiger charge is 2.13. The Kier molecular flexibility index (Phi) is 3.17. The molecule has 1 heterocycles. The van der Waals surface area contributed by atoms with Gasteiger partial charge in [-0.1, -0.05) is 0 Å². The Bertz CT molecular complexity index is 399. The Morgan fingerprint density at radius 3 is 2.43 bits per heavy atom. The molecular weight excluding hydrogens is 204 g/mol. The minimum Gasteiger partial charge on any atom is -0.261 e. The molecule has 1 rings (SSSR count). The van der Waals surface area contributed by atoms with Crippen LogP contribution in [0.3, 0.4) is 0 Å². The second kappa shape index (κ2) is 4.02. The molecule has 0 aliphatic rings. The van der Waals surface area contributed by atoms with Gasteiger partial charge in [0.25, 0.3) is 10.1 Å². The van der Waals surface area contributed by atoms with E-state index in [4.69, 9.17) is 4.18 Å². The zero-order valence-corrected chi connectivity index (χ0v) is 9.08. The van der Waals surface area contributed by atoms with Gasteiger partial charge in [-0.15, -0.1) is 0 Å². The molecule has 0 spiro atoms. The molecule has 0 aromatic carbocycles. The summed E-state index contributed by atoms with van der Waals surface area (Å²) in [5.41, 5.74) is 1.28. The van der Waals surface area contributed by atoms with E-state index in [1.54, 1.807) is 26.0 Å². The highest BCUT2D eigenvalue weighted by Crippen LogP contribution is 2.15.